The van der Waals surface area contributed by atoms with Crippen molar-refractivity contribution in [1.82, 2.24) is 10.1 Å². The first kappa shape index (κ1) is 14.1. The van der Waals surface area contributed by atoms with Crippen molar-refractivity contribution in [2.75, 3.05) is 0 Å². The molecular weight excluding hydrogens is 338 g/mol. The van der Waals surface area contributed by atoms with Crippen LogP contribution >= 0.6 is 27.7 Å². The van der Waals surface area contributed by atoms with E-state index in [1.807, 2.05) is 12.1 Å². The second-order valence-corrected chi connectivity index (χ2v) is 7.02. The lowest BCUT2D eigenvalue weighted by molar-refractivity contribution is 0.360. The molecule has 1 heterocycles. The van der Waals surface area contributed by atoms with Gasteiger partial charge in [-0.2, -0.15) is 4.98 Å². The molecule has 106 valence electrons. The number of nitrogens with zero attached hydrogens (tertiary/aromatic N) is 2. The van der Waals surface area contributed by atoms with Gasteiger partial charge in [0.2, 0.25) is 5.89 Å². The largest absolute Gasteiger partial charge is 0.339 e. The molecule has 0 aliphatic heterocycles. The maximum absolute atomic E-state index is 6.06. The Morgan fingerprint density at radius 2 is 2.10 bits per heavy atom. The van der Waals surface area contributed by atoms with Crippen molar-refractivity contribution in [3.05, 3.63) is 40.5 Å². The van der Waals surface area contributed by atoms with Gasteiger partial charge in [0.25, 0.3) is 0 Å². The van der Waals surface area contributed by atoms with Crippen LogP contribution in [0.3, 0.4) is 0 Å². The van der Waals surface area contributed by atoms with E-state index in [4.69, 9.17) is 10.3 Å². The van der Waals surface area contributed by atoms with Crippen LogP contribution in [-0.2, 0) is 12.2 Å². The van der Waals surface area contributed by atoms with E-state index in [2.05, 4.69) is 38.2 Å². The molecule has 1 aromatic heterocycles. The van der Waals surface area contributed by atoms with Crippen molar-refractivity contribution in [2.24, 2.45) is 11.7 Å². The van der Waals surface area contributed by atoms with Crippen molar-refractivity contribution >= 4 is 27.7 Å². The first-order valence-electron chi connectivity index (χ1n) is 6.66. The van der Waals surface area contributed by atoms with Gasteiger partial charge in [-0.3, -0.25) is 0 Å². The molecule has 1 atom stereocenters. The van der Waals surface area contributed by atoms with Gasteiger partial charge in [0.1, 0.15) is 0 Å². The Balaban J connectivity index is 1.52. The van der Waals surface area contributed by atoms with Gasteiger partial charge in [-0.15, -0.1) is 11.8 Å². The average Bonchev–Trinajstić information content (AvgIpc) is 3.20. The Kier molecular flexibility index (Phi) is 4.43. The fraction of sp³-hybridized carbons (Fsp3) is 0.429. The van der Waals surface area contributed by atoms with E-state index >= 15 is 0 Å². The molecule has 20 heavy (non-hydrogen) atoms. The SMILES string of the molecule is NC(Cc1nc(CSc2ccc(Br)cc2)no1)C1CC1. The van der Waals surface area contributed by atoms with Crippen LogP contribution < -0.4 is 5.73 Å². The molecule has 0 saturated heterocycles. The number of hydrogen-bond acceptors (Lipinski definition) is 5. The minimum Gasteiger partial charge on any atom is -0.339 e. The molecular formula is C14H16BrN3OS. The Morgan fingerprint density at radius 3 is 2.80 bits per heavy atom. The lowest BCUT2D eigenvalue weighted by Gasteiger charge is -2.04. The third-order valence-electron chi connectivity index (χ3n) is 3.33. The third kappa shape index (κ3) is 3.84. The van der Waals surface area contributed by atoms with E-state index in [9.17, 15) is 0 Å². The molecule has 0 amide bonds. The second-order valence-electron chi connectivity index (χ2n) is 5.05. The summed E-state index contributed by atoms with van der Waals surface area (Å²) in [6, 6.07) is 8.36. The highest BCUT2D eigenvalue weighted by atomic mass is 79.9. The number of rotatable bonds is 6. The monoisotopic (exact) mass is 353 g/mol. The zero-order valence-corrected chi connectivity index (χ0v) is 13.4. The van der Waals surface area contributed by atoms with Crippen LogP contribution in [0.1, 0.15) is 24.6 Å². The fourth-order valence-electron chi connectivity index (χ4n) is 2.00. The van der Waals surface area contributed by atoms with Gasteiger partial charge >= 0.3 is 0 Å². The van der Waals surface area contributed by atoms with Crippen molar-refractivity contribution < 1.29 is 4.52 Å². The normalized spacial score (nSPS) is 16.3. The molecule has 4 nitrogen and oxygen atoms in total. The fourth-order valence-corrected chi connectivity index (χ4v) is 3.01. The van der Waals surface area contributed by atoms with Gasteiger partial charge in [-0.1, -0.05) is 21.1 Å². The predicted molar refractivity (Wildman–Crippen MR) is 82.4 cm³/mol. The van der Waals surface area contributed by atoms with Crippen LogP contribution in [0, 0.1) is 5.92 Å². The quantitative estimate of drug-likeness (QED) is 0.806. The van der Waals surface area contributed by atoms with Crippen LogP contribution in [0.25, 0.3) is 0 Å². The van der Waals surface area contributed by atoms with Crippen LogP contribution in [0.15, 0.2) is 38.2 Å². The predicted octanol–water partition coefficient (Wildman–Crippen LogP) is 3.40. The maximum atomic E-state index is 6.06. The molecule has 0 radical (unpaired) electrons. The molecule has 1 unspecified atom stereocenters. The lowest BCUT2D eigenvalue weighted by atomic mass is 10.1. The molecule has 0 bridgehead atoms. The summed E-state index contributed by atoms with van der Waals surface area (Å²) in [5, 5.41) is 4.01. The number of aromatic nitrogens is 2. The number of halogens is 1. The maximum Gasteiger partial charge on any atom is 0.228 e. The van der Waals surface area contributed by atoms with Gasteiger partial charge in [-0.05, 0) is 43.0 Å². The van der Waals surface area contributed by atoms with E-state index in [1.165, 1.54) is 17.7 Å². The molecule has 1 fully saturated rings. The Hall–Kier alpha value is -0.850. The Bertz CT molecular complexity index is 568. The summed E-state index contributed by atoms with van der Waals surface area (Å²) in [4.78, 5) is 5.59. The summed E-state index contributed by atoms with van der Waals surface area (Å²) in [5.41, 5.74) is 6.06. The smallest absolute Gasteiger partial charge is 0.228 e. The topological polar surface area (TPSA) is 64.9 Å². The number of thioether (sulfide) groups is 1. The van der Waals surface area contributed by atoms with Crippen LogP contribution in [-0.4, -0.2) is 16.2 Å². The van der Waals surface area contributed by atoms with Crippen molar-refractivity contribution in [1.29, 1.82) is 0 Å². The highest BCUT2D eigenvalue weighted by molar-refractivity contribution is 9.10. The van der Waals surface area contributed by atoms with Crippen LogP contribution in [0.4, 0.5) is 0 Å². The van der Waals surface area contributed by atoms with Crippen LogP contribution in [0.2, 0.25) is 0 Å². The molecule has 2 aromatic rings. The van der Waals surface area contributed by atoms with E-state index in [0.29, 0.717) is 24.0 Å². The minimum absolute atomic E-state index is 0.169. The summed E-state index contributed by atoms with van der Waals surface area (Å²) in [6.45, 7) is 0. The zero-order chi connectivity index (χ0) is 13.9. The molecule has 2 N–H and O–H groups in total. The molecule has 1 saturated carbocycles. The van der Waals surface area contributed by atoms with Gasteiger partial charge in [0.15, 0.2) is 5.82 Å². The second kappa shape index (κ2) is 6.28. The third-order valence-corrected chi connectivity index (χ3v) is 4.87. The summed E-state index contributed by atoms with van der Waals surface area (Å²) < 4.78 is 6.34. The van der Waals surface area contributed by atoms with Crippen LogP contribution in [0.5, 0.6) is 0 Å². The van der Waals surface area contributed by atoms with Gasteiger partial charge in [-0.25, -0.2) is 0 Å². The number of hydrogen-bond donors (Lipinski definition) is 1. The lowest BCUT2D eigenvalue weighted by Crippen LogP contribution is -2.25. The zero-order valence-electron chi connectivity index (χ0n) is 11.0. The summed E-state index contributed by atoms with van der Waals surface area (Å²) >= 11 is 5.12. The first-order chi connectivity index (χ1) is 9.70. The molecule has 1 aliphatic rings. The summed E-state index contributed by atoms with van der Waals surface area (Å²) in [7, 11) is 0. The van der Waals surface area contributed by atoms with Crippen molar-refractivity contribution in [3.8, 4) is 0 Å². The Labute approximate surface area is 130 Å². The van der Waals surface area contributed by atoms with E-state index in [1.54, 1.807) is 11.8 Å². The minimum atomic E-state index is 0.169. The number of nitrogens with two attached hydrogens (primary N) is 1. The summed E-state index contributed by atoms with van der Waals surface area (Å²) in [6.07, 6.45) is 3.17. The molecule has 1 aliphatic carbocycles. The van der Waals surface area contributed by atoms with E-state index < -0.39 is 0 Å². The van der Waals surface area contributed by atoms with Crippen molar-refractivity contribution in [3.63, 3.8) is 0 Å². The highest BCUT2D eigenvalue weighted by Gasteiger charge is 2.29. The molecule has 0 spiro atoms. The van der Waals surface area contributed by atoms with Crippen molar-refractivity contribution in [2.45, 2.75) is 36.0 Å². The van der Waals surface area contributed by atoms with Gasteiger partial charge < -0.3 is 10.3 Å². The molecule has 6 heteroatoms. The average molecular weight is 354 g/mol. The highest BCUT2D eigenvalue weighted by Crippen LogP contribution is 2.32. The standard InChI is InChI=1S/C14H16BrN3OS/c15-10-3-5-11(6-4-10)20-8-13-17-14(19-18-13)7-12(16)9-1-2-9/h3-6,9,12H,1-2,7-8,16H2. The molecule has 3 rings (SSSR count). The summed E-state index contributed by atoms with van der Waals surface area (Å²) in [5.74, 6) is 2.76. The molecule has 1 aromatic carbocycles. The van der Waals surface area contributed by atoms with E-state index in [0.717, 1.165) is 10.3 Å². The van der Waals surface area contributed by atoms with Gasteiger partial charge in [0.05, 0.1) is 5.75 Å². The Morgan fingerprint density at radius 1 is 1.35 bits per heavy atom. The van der Waals surface area contributed by atoms with Gasteiger partial charge in [0, 0.05) is 21.8 Å². The first-order valence-corrected chi connectivity index (χ1v) is 8.44. The number of benzene rings is 1. The van der Waals surface area contributed by atoms with E-state index in [-0.39, 0.29) is 6.04 Å².